The number of anilines is 2. The molecular weight excluding hydrogens is 266 g/mol. The van der Waals surface area contributed by atoms with Crippen LogP contribution in [-0.4, -0.2) is 17.7 Å². The fourth-order valence-electron chi connectivity index (χ4n) is 1.72. The van der Waals surface area contributed by atoms with Crippen molar-refractivity contribution in [2.75, 3.05) is 17.8 Å². The summed E-state index contributed by atoms with van der Waals surface area (Å²) in [7, 11) is 0. The summed E-state index contributed by atoms with van der Waals surface area (Å²) in [4.78, 5) is 16.1. The highest BCUT2D eigenvalue weighted by Gasteiger charge is 2.18. The molecule has 3 N–H and O–H groups in total. The van der Waals surface area contributed by atoms with Crippen molar-refractivity contribution < 1.29 is 14.3 Å². The number of carbonyl (C=O) groups is 1. The number of nitrogens with two attached hydrogens (primary N) is 1. The SMILES string of the molecule is Cc1nc(C(=O)Nc2cc3c(cc2N)OCO3)cs1. The molecule has 0 atom stereocenters. The molecule has 0 spiro atoms. The summed E-state index contributed by atoms with van der Waals surface area (Å²) in [5, 5.41) is 5.25. The number of benzene rings is 1. The lowest BCUT2D eigenvalue weighted by molar-refractivity contribution is 0.102. The molecule has 1 aromatic heterocycles. The lowest BCUT2D eigenvalue weighted by atomic mass is 10.2. The number of rotatable bonds is 2. The summed E-state index contributed by atoms with van der Waals surface area (Å²) in [6.45, 7) is 2.01. The summed E-state index contributed by atoms with van der Waals surface area (Å²) in [6.07, 6.45) is 0. The van der Waals surface area contributed by atoms with Gasteiger partial charge in [-0.15, -0.1) is 11.3 Å². The highest BCUT2D eigenvalue weighted by atomic mass is 32.1. The Morgan fingerprint density at radius 3 is 2.84 bits per heavy atom. The molecule has 0 saturated carbocycles. The van der Waals surface area contributed by atoms with Crippen molar-refractivity contribution in [2.45, 2.75) is 6.92 Å². The molecule has 2 aromatic rings. The van der Waals surface area contributed by atoms with Crippen molar-refractivity contribution in [2.24, 2.45) is 0 Å². The monoisotopic (exact) mass is 277 g/mol. The quantitative estimate of drug-likeness (QED) is 0.820. The molecular formula is C12H11N3O3S. The van der Waals surface area contributed by atoms with Crippen LogP contribution in [0.15, 0.2) is 17.5 Å². The number of ether oxygens (including phenoxy) is 2. The maximum absolute atomic E-state index is 12.0. The molecule has 98 valence electrons. The number of hydrogen-bond acceptors (Lipinski definition) is 6. The van der Waals surface area contributed by atoms with Crippen molar-refractivity contribution in [1.82, 2.24) is 4.98 Å². The first-order valence-electron chi connectivity index (χ1n) is 5.56. The van der Waals surface area contributed by atoms with Gasteiger partial charge >= 0.3 is 0 Å². The van der Waals surface area contributed by atoms with E-state index in [2.05, 4.69) is 10.3 Å². The Labute approximate surface area is 113 Å². The number of amides is 1. The van der Waals surface area contributed by atoms with Gasteiger partial charge in [0.2, 0.25) is 6.79 Å². The van der Waals surface area contributed by atoms with Gasteiger partial charge in [-0.25, -0.2) is 4.98 Å². The van der Waals surface area contributed by atoms with Gasteiger partial charge < -0.3 is 20.5 Å². The molecule has 0 bridgehead atoms. The minimum Gasteiger partial charge on any atom is -0.454 e. The predicted octanol–water partition coefficient (Wildman–Crippen LogP) is 2.01. The van der Waals surface area contributed by atoms with Crippen LogP contribution in [0.25, 0.3) is 0 Å². The van der Waals surface area contributed by atoms with Crippen molar-refractivity contribution in [3.05, 3.63) is 28.2 Å². The van der Waals surface area contributed by atoms with E-state index in [1.54, 1.807) is 17.5 Å². The Morgan fingerprint density at radius 1 is 1.42 bits per heavy atom. The highest BCUT2D eigenvalue weighted by Crippen LogP contribution is 2.38. The highest BCUT2D eigenvalue weighted by molar-refractivity contribution is 7.09. The van der Waals surface area contributed by atoms with E-state index in [1.807, 2.05) is 6.92 Å². The zero-order valence-electron chi connectivity index (χ0n) is 10.1. The lowest BCUT2D eigenvalue weighted by Crippen LogP contribution is -2.13. The number of aromatic nitrogens is 1. The van der Waals surface area contributed by atoms with Gasteiger partial charge in [-0.3, -0.25) is 4.79 Å². The van der Waals surface area contributed by atoms with E-state index in [9.17, 15) is 4.79 Å². The number of aryl methyl sites for hydroxylation is 1. The Balaban J connectivity index is 1.85. The number of carbonyl (C=O) groups excluding carboxylic acids is 1. The zero-order valence-corrected chi connectivity index (χ0v) is 10.9. The van der Waals surface area contributed by atoms with Gasteiger partial charge in [0.1, 0.15) is 5.69 Å². The smallest absolute Gasteiger partial charge is 0.275 e. The standard InChI is InChI=1S/C12H11N3O3S/c1-6-14-9(4-19-6)12(16)15-8-3-11-10(2-7(8)13)17-5-18-11/h2-4H,5,13H2,1H3,(H,15,16). The van der Waals surface area contributed by atoms with Crippen LogP contribution < -0.4 is 20.5 Å². The number of thiazole rings is 1. The van der Waals surface area contributed by atoms with Crippen molar-refractivity contribution in [3.8, 4) is 11.5 Å². The zero-order chi connectivity index (χ0) is 13.4. The average Bonchev–Trinajstić information content (AvgIpc) is 2.98. The number of nitrogen functional groups attached to an aromatic ring is 1. The molecule has 19 heavy (non-hydrogen) atoms. The molecule has 3 rings (SSSR count). The molecule has 1 aliphatic heterocycles. The normalized spacial score (nSPS) is 12.5. The molecule has 6 nitrogen and oxygen atoms in total. The van der Waals surface area contributed by atoms with E-state index >= 15 is 0 Å². The van der Waals surface area contributed by atoms with Gasteiger partial charge in [0.05, 0.1) is 16.4 Å². The third-order valence-corrected chi connectivity index (χ3v) is 3.42. The molecule has 1 aromatic carbocycles. The van der Waals surface area contributed by atoms with Crippen LogP contribution in [0, 0.1) is 6.92 Å². The molecule has 1 aliphatic rings. The predicted molar refractivity (Wildman–Crippen MR) is 71.8 cm³/mol. The molecule has 7 heteroatoms. The van der Waals surface area contributed by atoms with Crippen molar-refractivity contribution >= 4 is 28.6 Å². The molecule has 2 heterocycles. The van der Waals surface area contributed by atoms with Crippen LogP contribution >= 0.6 is 11.3 Å². The van der Waals surface area contributed by atoms with Crippen LogP contribution in [0.5, 0.6) is 11.5 Å². The summed E-state index contributed by atoms with van der Waals surface area (Å²) in [6, 6.07) is 3.28. The van der Waals surface area contributed by atoms with E-state index in [1.165, 1.54) is 11.3 Å². The number of fused-ring (bicyclic) bond motifs is 1. The van der Waals surface area contributed by atoms with Gasteiger partial charge in [-0.1, -0.05) is 0 Å². The Hall–Kier alpha value is -2.28. The second-order valence-corrected chi connectivity index (χ2v) is 5.06. The molecule has 0 radical (unpaired) electrons. The summed E-state index contributed by atoms with van der Waals surface area (Å²) >= 11 is 1.42. The maximum atomic E-state index is 12.0. The maximum Gasteiger partial charge on any atom is 0.275 e. The van der Waals surface area contributed by atoms with Crippen molar-refractivity contribution in [3.63, 3.8) is 0 Å². The topological polar surface area (TPSA) is 86.5 Å². The molecule has 0 unspecified atom stereocenters. The van der Waals surface area contributed by atoms with E-state index in [0.29, 0.717) is 28.6 Å². The third-order valence-electron chi connectivity index (χ3n) is 2.64. The van der Waals surface area contributed by atoms with Crippen LogP contribution in [-0.2, 0) is 0 Å². The number of hydrogen-bond donors (Lipinski definition) is 2. The van der Waals surface area contributed by atoms with Gasteiger partial charge in [0, 0.05) is 17.5 Å². The summed E-state index contributed by atoms with van der Waals surface area (Å²) < 4.78 is 10.4. The first-order valence-corrected chi connectivity index (χ1v) is 6.44. The van der Waals surface area contributed by atoms with Crippen LogP contribution in [0.1, 0.15) is 15.5 Å². The minimum absolute atomic E-state index is 0.164. The first-order chi connectivity index (χ1) is 9.13. The van der Waals surface area contributed by atoms with Gasteiger partial charge in [-0.05, 0) is 6.92 Å². The average molecular weight is 277 g/mol. The second kappa shape index (κ2) is 4.43. The fraction of sp³-hybridized carbons (Fsp3) is 0.167. The van der Waals surface area contributed by atoms with E-state index in [4.69, 9.17) is 15.2 Å². The third kappa shape index (κ3) is 2.19. The van der Waals surface area contributed by atoms with Gasteiger partial charge in [-0.2, -0.15) is 0 Å². The van der Waals surface area contributed by atoms with E-state index < -0.39 is 0 Å². The molecule has 1 amide bonds. The Morgan fingerprint density at radius 2 is 2.16 bits per heavy atom. The van der Waals surface area contributed by atoms with E-state index in [-0.39, 0.29) is 12.7 Å². The first kappa shape index (κ1) is 11.8. The minimum atomic E-state index is -0.296. The number of nitrogens with one attached hydrogen (secondary N) is 1. The molecule has 0 aliphatic carbocycles. The Kier molecular flexibility index (Phi) is 2.75. The van der Waals surface area contributed by atoms with Crippen LogP contribution in [0.4, 0.5) is 11.4 Å². The molecule has 0 fully saturated rings. The van der Waals surface area contributed by atoms with Crippen LogP contribution in [0.2, 0.25) is 0 Å². The largest absolute Gasteiger partial charge is 0.454 e. The fourth-order valence-corrected chi connectivity index (χ4v) is 2.31. The number of nitrogens with zero attached hydrogens (tertiary/aromatic N) is 1. The van der Waals surface area contributed by atoms with Crippen molar-refractivity contribution in [1.29, 1.82) is 0 Å². The molecule has 0 saturated heterocycles. The van der Waals surface area contributed by atoms with E-state index in [0.717, 1.165) is 5.01 Å². The van der Waals surface area contributed by atoms with Gasteiger partial charge in [0.15, 0.2) is 11.5 Å². The summed E-state index contributed by atoms with van der Waals surface area (Å²) in [5.41, 5.74) is 7.14. The second-order valence-electron chi connectivity index (χ2n) is 4.00. The summed E-state index contributed by atoms with van der Waals surface area (Å²) in [5.74, 6) is 0.855. The lowest BCUT2D eigenvalue weighted by Gasteiger charge is -2.08. The van der Waals surface area contributed by atoms with Crippen LogP contribution in [0.3, 0.4) is 0 Å². The Bertz CT molecular complexity index is 654. The van der Waals surface area contributed by atoms with Gasteiger partial charge in [0.25, 0.3) is 5.91 Å².